The van der Waals surface area contributed by atoms with E-state index in [-0.39, 0.29) is 6.61 Å². The van der Waals surface area contributed by atoms with E-state index in [1.54, 1.807) is 42.5 Å². The molecular weight excluding hydrogens is 330 g/mol. The number of carbonyl (C=O) groups is 2. The number of nitrogens with two attached hydrogens (primary N) is 1. The van der Waals surface area contributed by atoms with E-state index in [0.29, 0.717) is 16.3 Å². The van der Waals surface area contributed by atoms with Gasteiger partial charge in [0.15, 0.2) is 6.61 Å². The van der Waals surface area contributed by atoms with Crippen LogP contribution in [0.15, 0.2) is 42.5 Å². The van der Waals surface area contributed by atoms with Gasteiger partial charge in [0.05, 0.1) is 0 Å². The summed E-state index contributed by atoms with van der Waals surface area (Å²) in [6.07, 6.45) is -1.14. The zero-order chi connectivity index (χ0) is 17.7. The summed E-state index contributed by atoms with van der Waals surface area (Å²) in [5.74, 6) is -0.864. The molecule has 2 N–H and O–H groups in total. The van der Waals surface area contributed by atoms with Crippen molar-refractivity contribution in [3.63, 3.8) is 0 Å². The predicted octanol–water partition coefficient (Wildman–Crippen LogP) is 3.11. The molecule has 0 aliphatic heterocycles. The number of hydrogen-bond acceptors (Lipinski definition) is 4. The summed E-state index contributed by atoms with van der Waals surface area (Å²) >= 11 is 5.96. The summed E-state index contributed by atoms with van der Waals surface area (Å²) < 4.78 is 10.7. The number of amides is 1. The Kier molecular flexibility index (Phi) is 5.82. The minimum Gasteiger partial charge on any atom is -0.481 e. The molecule has 0 aliphatic rings. The number of carbonyl (C=O) groups excluding carboxylic acids is 2. The maximum Gasteiger partial charge on any atom is 0.345 e. The molecule has 0 saturated heterocycles. The van der Waals surface area contributed by atoms with Crippen LogP contribution in [0, 0.1) is 13.8 Å². The molecule has 0 aliphatic carbocycles. The van der Waals surface area contributed by atoms with Gasteiger partial charge in [-0.05, 0) is 37.1 Å². The van der Waals surface area contributed by atoms with Crippen LogP contribution in [-0.4, -0.2) is 18.5 Å². The van der Waals surface area contributed by atoms with Gasteiger partial charge in [0.2, 0.25) is 6.10 Å². The Morgan fingerprint density at radius 3 is 2.25 bits per heavy atom. The van der Waals surface area contributed by atoms with Crippen molar-refractivity contribution in [1.82, 2.24) is 0 Å². The second-order valence-electron chi connectivity index (χ2n) is 5.34. The van der Waals surface area contributed by atoms with Crippen LogP contribution < -0.4 is 10.5 Å². The molecule has 1 unspecified atom stereocenters. The van der Waals surface area contributed by atoms with E-state index in [2.05, 4.69) is 0 Å². The normalized spacial score (nSPS) is 11.6. The number of halogens is 1. The van der Waals surface area contributed by atoms with Gasteiger partial charge in [-0.25, -0.2) is 4.79 Å². The van der Waals surface area contributed by atoms with Crippen LogP contribution in [0.3, 0.4) is 0 Å². The van der Waals surface area contributed by atoms with Crippen LogP contribution in [0.4, 0.5) is 0 Å². The summed E-state index contributed by atoms with van der Waals surface area (Å²) in [6.45, 7) is 3.32. The third-order valence-corrected chi connectivity index (χ3v) is 3.59. The van der Waals surface area contributed by atoms with E-state index in [0.717, 1.165) is 11.1 Å². The quantitative estimate of drug-likeness (QED) is 0.814. The minimum atomic E-state index is -1.14. The van der Waals surface area contributed by atoms with Crippen molar-refractivity contribution in [2.45, 2.75) is 20.0 Å². The van der Waals surface area contributed by atoms with Crippen molar-refractivity contribution in [2.24, 2.45) is 5.73 Å². The Morgan fingerprint density at radius 2 is 1.71 bits per heavy atom. The summed E-state index contributed by atoms with van der Waals surface area (Å²) in [4.78, 5) is 23.6. The first-order chi connectivity index (χ1) is 11.4. The first-order valence-electron chi connectivity index (χ1n) is 7.31. The highest BCUT2D eigenvalue weighted by Gasteiger charge is 2.22. The van der Waals surface area contributed by atoms with Crippen molar-refractivity contribution in [1.29, 1.82) is 0 Å². The summed E-state index contributed by atoms with van der Waals surface area (Å²) in [5.41, 5.74) is 7.44. The highest BCUT2D eigenvalue weighted by molar-refractivity contribution is 6.30. The molecule has 0 bridgehead atoms. The van der Waals surface area contributed by atoms with E-state index < -0.39 is 18.0 Å². The van der Waals surface area contributed by atoms with Crippen LogP contribution in [0.5, 0.6) is 5.75 Å². The lowest BCUT2D eigenvalue weighted by Crippen LogP contribution is -2.28. The van der Waals surface area contributed by atoms with Crippen molar-refractivity contribution >= 4 is 23.5 Å². The molecule has 0 radical (unpaired) electrons. The molecule has 1 atom stereocenters. The fourth-order valence-electron chi connectivity index (χ4n) is 2.34. The molecule has 2 aromatic carbocycles. The zero-order valence-corrected chi connectivity index (χ0v) is 14.2. The topological polar surface area (TPSA) is 78.6 Å². The van der Waals surface area contributed by atoms with Gasteiger partial charge in [-0.2, -0.15) is 0 Å². The van der Waals surface area contributed by atoms with Crippen molar-refractivity contribution in [3.8, 4) is 5.75 Å². The van der Waals surface area contributed by atoms with Crippen LogP contribution in [0.2, 0.25) is 5.02 Å². The Balaban J connectivity index is 2.04. The summed E-state index contributed by atoms with van der Waals surface area (Å²) in [6, 6.07) is 12.1. The van der Waals surface area contributed by atoms with E-state index in [1.165, 1.54) is 0 Å². The number of hydrogen-bond donors (Lipinski definition) is 1. The number of aryl methyl sites for hydroxylation is 2. The molecule has 0 saturated carbocycles. The molecule has 0 fully saturated rings. The molecule has 0 aromatic heterocycles. The molecule has 6 heteroatoms. The molecule has 24 heavy (non-hydrogen) atoms. The molecule has 2 aromatic rings. The second kappa shape index (κ2) is 7.84. The first-order valence-corrected chi connectivity index (χ1v) is 7.69. The third-order valence-electron chi connectivity index (χ3n) is 3.37. The third kappa shape index (κ3) is 4.49. The molecule has 2 rings (SSSR count). The van der Waals surface area contributed by atoms with Gasteiger partial charge in [0.1, 0.15) is 5.75 Å². The first kappa shape index (κ1) is 17.8. The van der Waals surface area contributed by atoms with Crippen LogP contribution in [0.1, 0.15) is 22.8 Å². The number of ether oxygens (including phenoxy) is 2. The SMILES string of the molecule is Cc1cc(Cl)cc(C)c1OCC(=O)OC(C(N)=O)c1ccccc1. The van der Waals surface area contributed by atoms with E-state index >= 15 is 0 Å². The van der Waals surface area contributed by atoms with Crippen molar-refractivity contribution < 1.29 is 19.1 Å². The smallest absolute Gasteiger partial charge is 0.345 e. The maximum absolute atomic E-state index is 12.0. The zero-order valence-electron chi connectivity index (χ0n) is 13.4. The highest BCUT2D eigenvalue weighted by atomic mass is 35.5. The lowest BCUT2D eigenvalue weighted by Gasteiger charge is -2.16. The average Bonchev–Trinajstić information content (AvgIpc) is 2.52. The minimum absolute atomic E-state index is 0.333. The largest absolute Gasteiger partial charge is 0.481 e. The fourth-order valence-corrected chi connectivity index (χ4v) is 2.67. The predicted molar refractivity (Wildman–Crippen MR) is 90.9 cm³/mol. The molecule has 1 amide bonds. The van der Waals surface area contributed by atoms with Crippen molar-refractivity contribution in [3.05, 3.63) is 64.2 Å². The second-order valence-corrected chi connectivity index (χ2v) is 5.78. The lowest BCUT2D eigenvalue weighted by molar-refractivity contribution is -0.157. The van der Waals surface area contributed by atoms with E-state index in [1.807, 2.05) is 13.8 Å². The Labute approximate surface area is 145 Å². The molecule has 0 heterocycles. The Morgan fingerprint density at radius 1 is 1.12 bits per heavy atom. The van der Waals surface area contributed by atoms with Gasteiger partial charge >= 0.3 is 5.97 Å². The lowest BCUT2D eigenvalue weighted by atomic mass is 10.1. The molecular formula is C18H18ClNO4. The standard InChI is InChI=1S/C18H18ClNO4/c1-11-8-14(19)9-12(2)16(11)23-10-15(21)24-17(18(20)22)13-6-4-3-5-7-13/h3-9,17H,10H2,1-2H3,(H2,20,22). The Hall–Kier alpha value is -2.53. The van der Waals surface area contributed by atoms with Crippen LogP contribution >= 0.6 is 11.6 Å². The van der Waals surface area contributed by atoms with Gasteiger partial charge in [0, 0.05) is 10.6 Å². The van der Waals surface area contributed by atoms with Crippen LogP contribution in [0.25, 0.3) is 0 Å². The molecule has 126 valence electrons. The number of primary amides is 1. The monoisotopic (exact) mass is 347 g/mol. The molecule has 0 spiro atoms. The highest BCUT2D eigenvalue weighted by Crippen LogP contribution is 2.27. The van der Waals surface area contributed by atoms with E-state index in [9.17, 15) is 9.59 Å². The molecule has 5 nitrogen and oxygen atoms in total. The maximum atomic E-state index is 12.0. The van der Waals surface area contributed by atoms with Gasteiger partial charge < -0.3 is 15.2 Å². The van der Waals surface area contributed by atoms with Gasteiger partial charge in [-0.3, -0.25) is 4.79 Å². The van der Waals surface area contributed by atoms with Gasteiger partial charge in [0.25, 0.3) is 5.91 Å². The van der Waals surface area contributed by atoms with Gasteiger partial charge in [-0.15, -0.1) is 0 Å². The Bertz CT molecular complexity index is 723. The number of esters is 1. The summed E-state index contributed by atoms with van der Waals surface area (Å²) in [5, 5.41) is 0.595. The van der Waals surface area contributed by atoms with Crippen LogP contribution in [-0.2, 0) is 14.3 Å². The average molecular weight is 348 g/mol. The summed E-state index contributed by atoms with van der Waals surface area (Å²) in [7, 11) is 0. The van der Waals surface area contributed by atoms with E-state index in [4.69, 9.17) is 26.8 Å². The number of rotatable bonds is 6. The van der Waals surface area contributed by atoms with Gasteiger partial charge in [-0.1, -0.05) is 41.9 Å². The van der Waals surface area contributed by atoms with Crippen molar-refractivity contribution in [2.75, 3.05) is 6.61 Å². The number of benzene rings is 2. The fraction of sp³-hybridized carbons (Fsp3) is 0.222.